The molecule has 92 valence electrons. The predicted octanol–water partition coefficient (Wildman–Crippen LogP) is 2.81. The van der Waals surface area contributed by atoms with Gasteiger partial charge in [0.2, 0.25) is 0 Å². The summed E-state index contributed by atoms with van der Waals surface area (Å²) >= 11 is 0. The van der Waals surface area contributed by atoms with Crippen molar-refractivity contribution in [1.82, 2.24) is 5.32 Å². The molecule has 15 heavy (non-hydrogen) atoms. The van der Waals surface area contributed by atoms with Gasteiger partial charge >= 0.3 is 0 Å². The van der Waals surface area contributed by atoms with E-state index in [1.165, 1.54) is 0 Å². The summed E-state index contributed by atoms with van der Waals surface area (Å²) in [6.45, 7) is 14.4. The lowest BCUT2D eigenvalue weighted by Crippen LogP contribution is -2.45. The summed E-state index contributed by atoms with van der Waals surface area (Å²) < 4.78 is 0. The highest BCUT2D eigenvalue weighted by atomic mass is 16.3. The fourth-order valence-corrected chi connectivity index (χ4v) is 1.46. The Bertz CT molecular complexity index is 160. The summed E-state index contributed by atoms with van der Waals surface area (Å²) in [4.78, 5) is 0. The molecule has 0 aliphatic rings. The maximum Gasteiger partial charge on any atom is 0.0499 e. The third-order valence-corrected chi connectivity index (χ3v) is 3.92. The molecule has 2 heteroatoms. The molecule has 0 saturated heterocycles. The van der Waals surface area contributed by atoms with Crippen molar-refractivity contribution in [2.45, 2.75) is 60.4 Å². The highest BCUT2D eigenvalue weighted by molar-refractivity contribution is 4.83. The van der Waals surface area contributed by atoms with Crippen molar-refractivity contribution in [3.05, 3.63) is 0 Å². The number of hydrogen-bond donors (Lipinski definition) is 2. The third-order valence-electron chi connectivity index (χ3n) is 3.92. The molecule has 0 saturated carbocycles. The first-order valence-corrected chi connectivity index (χ1v) is 6.15. The van der Waals surface area contributed by atoms with E-state index in [0.29, 0.717) is 6.04 Å². The monoisotopic (exact) mass is 215 g/mol. The van der Waals surface area contributed by atoms with E-state index in [1.54, 1.807) is 0 Å². The Kier molecular flexibility index (Phi) is 5.82. The van der Waals surface area contributed by atoms with Gasteiger partial charge in [0.25, 0.3) is 0 Å². The second kappa shape index (κ2) is 5.86. The van der Waals surface area contributed by atoms with Crippen molar-refractivity contribution in [2.75, 3.05) is 13.2 Å². The van der Waals surface area contributed by atoms with Gasteiger partial charge < -0.3 is 10.4 Å². The lowest BCUT2D eigenvalue weighted by atomic mass is 9.81. The van der Waals surface area contributed by atoms with Crippen molar-refractivity contribution >= 4 is 0 Å². The summed E-state index contributed by atoms with van der Waals surface area (Å²) in [6.07, 6.45) is 2.06. The first-order chi connectivity index (χ1) is 6.81. The van der Waals surface area contributed by atoms with Crippen LogP contribution in [0.5, 0.6) is 0 Å². The normalized spacial score (nSPS) is 15.4. The van der Waals surface area contributed by atoms with Crippen LogP contribution in [0.3, 0.4) is 0 Å². The van der Waals surface area contributed by atoms with Crippen LogP contribution < -0.4 is 5.32 Å². The van der Waals surface area contributed by atoms with Crippen molar-refractivity contribution in [2.24, 2.45) is 10.8 Å². The Morgan fingerprint density at radius 1 is 1.13 bits per heavy atom. The summed E-state index contributed by atoms with van der Waals surface area (Å²) in [5.41, 5.74) is 0.349. The van der Waals surface area contributed by atoms with Crippen LogP contribution in [0.2, 0.25) is 0 Å². The molecule has 0 aromatic carbocycles. The molecule has 2 N–H and O–H groups in total. The highest BCUT2D eigenvalue weighted by Crippen LogP contribution is 2.26. The van der Waals surface area contributed by atoms with Crippen molar-refractivity contribution in [1.29, 1.82) is 0 Å². The van der Waals surface area contributed by atoms with Crippen LogP contribution in [0, 0.1) is 10.8 Å². The van der Waals surface area contributed by atoms with Crippen LogP contribution in [-0.4, -0.2) is 24.3 Å². The van der Waals surface area contributed by atoms with E-state index in [4.69, 9.17) is 0 Å². The summed E-state index contributed by atoms with van der Waals surface area (Å²) in [5, 5.41) is 13.0. The Morgan fingerprint density at radius 3 is 1.87 bits per heavy atom. The molecule has 0 amide bonds. The number of nitrogens with one attached hydrogen (secondary N) is 1. The second-order valence-corrected chi connectivity index (χ2v) is 5.83. The molecule has 0 heterocycles. The largest absolute Gasteiger partial charge is 0.396 e. The number of aliphatic hydroxyl groups excluding tert-OH is 1. The van der Waals surface area contributed by atoms with Gasteiger partial charge in [-0.1, -0.05) is 34.6 Å². The molecule has 1 atom stereocenters. The van der Waals surface area contributed by atoms with Gasteiger partial charge in [-0.15, -0.1) is 0 Å². The average molecular weight is 215 g/mol. The highest BCUT2D eigenvalue weighted by Gasteiger charge is 2.27. The van der Waals surface area contributed by atoms with Gasteiger partial charge in [0.1, 0.15) is 0 Å². The summed E-state index contributed by atoms with van der Waals surface area (Å²) in [7, 11) is 0. The lowest BCUT2D eigenvalue weighted by Gasteiger charge is -2.35. The van der Waals surface area contributed by atoms with E-state index < -0.39 is 0 Å². The number of rotatable bonds is 6. The van der Waals surface area contributed by atoms with E-state index in [0.717, 1.165) is 19.4 Å². The minimum absolute atomic E-state index is 0.0690. The molecular weight excluding hydrogens is 186 g/mol. The van der Waals surface area contributed by atoms with Crippen molar-refractivity contribution in [3.63, 3.8) is 0 Å². The maximum absolute atomic E-state index is 9.45. The smallest absolute Gasteiger partial charge is 0.0499 e. The van der Waals surface area contributed by atoms with E-state index in [2.05, 4.69) is 46.9 Å². The van der Waals surface area contributed by atoms with Gasteiger partial charge in [-0.2, -0.15) is 0 Å². The average Bonchev–Trinajstić information content (AvgIpc) is 2.19. The summed E-state index contributed by atoms with van der Waals surface area (Å²) in [5.74, 6) is 0. The zero-order chi connectivity index (χ0) is 12.1. The van der Waals surface area contributed by atoms with E-state index in [9.17, 15) is 5.11 Å². The fraction of sp³-hybridized carbons (Fsp3) is 1.00. The molecule has 0 radical (unpaired) electrons. The second-order valence-electron chi connectivity index (χ2n) is 5.83. The Hall–Kier alpha value is -0.0800. The van der Waals surface area contributed by atoms with Crippen molar-refractivity contribution < 1.29 is 5.11 Å². The first-order valence-electron chi connectivity index (χ1n) is 6.15. The zero-order valence-electron chi connectivity index (χ0n) is 11.4. The molecule has 0 fully saturated rings. The summed E-state index contributed by atoms with van der Waals surface area (Å²) in [6, 6.07) is 0.474. The van der Waals surface area contributed by atoms with Crippen LogP contribution in [0.15, 0.2) is 0 Å². The Labute approximate surface area is 95.5 Å². The molecule has 0 spiro atoms. The van der Waals surface area contributed by atoms with Gasteiger partial charge in [-0.05, 0) is 25.2 Å². The van der Waals surface area contributed by atoms with E-state index in [-0.39, 0.29) is 17.4 Å². The van der Waals surface area contributed by atoms with Gasteiger partial charge in [0.15, 0.2) is 0 Å². The van der Waals surface area contributed by atoms with Crippen LogP contribution in [0.1, 0.15) is 54.4 Å². The van der Waals surface area contributed by atoms with Crippen LogP contribution in [-0.2, 0) is 0 Å². The van der Waals surface area contributed by atoms with Gasteiger partial charge in [0, 0.05) is 24.6 Å². The topological polar surface area (TPSA) is 32.3 Å². The van der Waals surface area contributed by atoms with Gasteiger partial charge in [0.05, 0.1) is 0 Å². The number of aliphatic hydroxyl groups is 1. The van der Waals surface area contributed by atoms with Crippen LogP contribution in [0.25, 0.3) is 0 Å². The van der Waals surface area contributed by atoms with Gasteiger partial charge in [-0.25, -0.2) is 0 Å². The molecule has 0 rings (SSSR count). The SMILES string of the molecule is CCC(CC)(CO)CNC(C)C(C)(C)C. The molecule has 0 bridgehead atoms. The maximum atomic E-state index is 9.45. The molecule has 0 aromatic rings. The quantitative estimate of drug-likeness (QED) is 0.714. The minimum atomic E-state index is 0.0690. The lowest BCUT2D eigenvalue weighted by molar-refractivity contribution is 0.103. The minimum Gasteiger partial charge on any atom is -0.396 e. The molecule has 2 nitrogen and oxygen atoms in total. The van der Waals surface area contributed by atoms with Gasteiger partial charge in [-0.3, -0.25) is 0 Å². The molecular formula is C13H29NO. The number of hydrogen-bond acceptors (Lipinski definition) is 2. The molecule has 0 aliphatic carbocycles. The van der Waals surface area contributed by atoms with E-state index >= 15 is 0 Å². The first kappa shape index (κ1) is 14.9. The standard InChI is InChI=1S/C13H29NO/c1-7-13(8-2,10-15)9-14-11(3)12(4,5)6/h11,14-15H,7-10H2,1-6H3. The fourth-order valence-electron chi connectivity index (χ4n) is 1.46. The Balaban J connectivity index is 4.23. The Morgan fingerprint density at radius 2 is 1.60 bits per heavy atom. The van der Waals surface area contributed by atoms with Crippen LogP contribution >= 0.6 is 0 Å². The third kappa shape index (κ3) is 4.52. The molecule has 0 aromatic heterocycles. The van der Waals surface area contributed by atoms with E-state index in [1.807, 2.05) is 0 Å². The zero-order valence-corrected chi connectivity index (χ0v) is 11.4. The molecule has 1 unspecified atom stereocenters. The van der Waals surface area contributed by atoms with Crippen LogP contribution in [0.4, 0.5) is 0 Å². The molecule has 0 aliphatic heterocycles. The predicted molar refractivity (Wildman–Crippen MR) is 67.0 cm³/mol. The van der Waals surface area contributed by atoms with Crippen molar-refractivity contribution in [3.8, 4) is 0 Å².